The Morgan fingerprint density at radius 2 is 1.61 bits per heavy atom. The molecule has 0 saturated carbocycles. The number of hydrogen-bond acceptors (Lipinski definition) is 5. The number of hydrogen-bond donors (Lipinski definition) is 1. The molecule has 0 radical (unpaired) electrons. The quantitative estimate of drug-likeness (QED) is 0.381. The zero-order valence-electron chi connectivity index (χ0n) is 20.0. The van der Waals surface area contributed by atoms with Gasteiger partial charge in [-0.25, -0.2) is 8.42 Å². The summed E-state index contributed by atoms with van der Waals surface area (Å²) in [5.74, 6) is 1.58. The number of benzene rings is 3. The zero-order valence-corrected chi connectivity index (χ0v) is 22.4. The van der Waals surface area contributed by atoms with E-state index in [9.17, 15) is 13.2 Å². The molecular formula is C27H30ClN3O3S2. The van der Waals surface area contributed by atoms with Crippen LogP contribution in [0.15, 0.2) is 83.8 Å². The van der Waals surface area contributed by atoms with Gasteiger partial charge in [-0.2, -0.15) is 16.1 Å². The van der Waals surface area contributed by atoms with Crippen molar-refractivity contribution in [3.8, 4) is 0 Å². The minimum absolute atomic E-state index is 0.0843. The van der Waals surface area contributed by atoms with E-state index in [0.29, 0.717) is 49.7 Å². The smallest absolute Gasteiger partial charge is 0.251 e. The molecule has 0 spiro atoms. The average Bonchev–Trinajstić information content (AvgIpc) is 2.89. The van der Waals surface area contributed by atoms with Gasteiger partial charge in [0, 0.05) is 61.4 Å². The Hall–Kier alpha value is -2.36. The standard InChI is InChI=1S/C27H30ClN3O3S2/c28-25-9-5-7-23(19-25)21-35-17-12-29-27(32)24-8-4-6-22(18-24)20-30-13-15-31(16-14-30)36(33,34)26-10-2-1-3-11-26/h1-11,18-19H,12-17,20-21H2,(H,29,32). The van der Waals surface area contributed by atoms with Crippen molar-refractivity contribution in [1.29, 1.82) is 0 Å². The molecule has 0 unspecified atom stereocenters. The van der Waals surface area contributed by atoms with Gasteiger partial charge in [0.05, 0.1) is 4.90 Å². The van der Waals surface area contributed by atoms with E-state index in [1.807, 2.05) is 54.6 Å². The van der Waals surface area contributed by atoms with Gasteiger partial charge in [0.1, 0.15) is 0 Å². The van der Waals surface area contributed by atoms with Crippen molar-refractivity contribution in [1.82, 2.24) is 14.5 Å². The van der Waals surface area contributed by atoms with E-state index in [2.05, 4.69) is 10.2 Å². The predicted molar refractivity (Wildman–Crippen MR) is 147 cm³/mol. The van der Waals surface area contributed by atoms with Crippen molar-refractivity contribution < 1.29 is 13.2 Å². The Morgan fingerprint density at radius 1 is 0.889 bits per heavy atom. The molecule has 1 N–H and O–H groups in total. The Balaban J connectivity index is 1.22. The SMILES string of the molecule is O=C(NCCSCc1cccc(Cl)c1)c1cccc(CN2CCN(S(=O)(=O)c3ccccc3)CC2)c1. The van der Waals surface area contributed by atoms with Crippen molar-refractivity contribution in [3.63, 3.8) is 0 Å². The number of carbonyl (C=O) groups excluding carboxylic acids is 1. The molecule has 1 amide bonds. The molecule has 6 nitrogen and oxygen atoms in total. The van der Waals surface area contributed by atoms with Crippen LogP contribution < -0.4 is 5.32 Å². The number of thioether (sulfide) groups is 1. The first-order valence-corrected chi connectivity index (χ1v) is 14.9. The number of nitrogens with one attached hydrogen (secondary N) is 1. The molecule has 3 aromatic rings. The molecule has 1 saturated heterocycles. The summed E-state index contributed by atoms with van der Waals surface area (Å²) >= 11 is 7.77. The highest BCUT2D eigenvalue weighted by atomic mass is 35.5. The first-order chi connectivity index (χ1) is 17.4. The van der Waals surface area contributed by atoms with Crippen molar-refractivity contribution in [3.05, 3.63) is 101 Å². The topological polar surface area (TPSA) is 69.7 Å². The van der Waals surface area contributed by atoms with Crippen LogP contribution in [-0.4, -0.2) is 62.0 Å². The molecule has 1 heterocycles. The molecule has 190 valence electrons. The van der Waals surface area contributed by atoms with Crippen LogP contribution in [0.2, 0.25) is 5.02 Å². The first-order valence-electron chi connectivity index (χ1n) is 11.9. The highest BCUT2D eigenvalue weighted by Crippen LogP contribution is 2.19. The largest absolute Gasteiger partial charge is 0.351 e. The van der Waals surface area contributed by atoms with E-state index in [-0.39, 0.29) is 5.91 Å². The minimum Gasteiger partial charge on any atom is -0.351 e. The normalized spacial score (nSPS) is 15.0. The summed E-state index contributed by atoms with van der Waals surface area (Å²) in [5.41, 5.74) is 2.85. The molecule has 36 heavy (non-hydrogen) atoms. The second-order valence-electron chi connectivity index (χ2n) is 8.63. The summed E-state index contributed by atoms with van der Waals surface area (Å²) in [5, 5.41) is 3.73. The molecule has 4 rings (SSSR count). The molecule has 9 heteroatoms. The van der Waals surface area contributed by atoms with Crippen molar-refractivity contribution in [2.75, 3.05) is 38.5 Å². The van der Waals surface area contributed by atoms with Gasteiger partial charge in [-0.05, 0) is 47.5 Å². The lowest BCUT2D eigenvalue weighted by atomic mass is 10.1. The number of halogens is 1. The molecule has 1 fully saturated rings. The van der Waals surface area contributed by atoms with Crippen LogP contribution in [0.1, 0.15) is 21.5 Å². The van der Waals surface area contributed by atoms with Gasteiger partial charge in [0.25, 0.3) is 5.91 Å². The van der Waals surface area contributed by atoms with Gasteiger partial charge in [0.15, 0.2) is 0 Å². The third-order valence-electron chi connectivity index (χ3n) is 6.00. The van der Waals surface area contributed by atoms with Gasteiger partial charge in [-0.3, -0.25) is 9.69 Å². The number of amides is 1. The number of nitrogens with zero attached hydrogens (tertiary/aromatic N) is 2. The lowest BCUT2D eigenvalue weighted by Gasteiger charge is -2.34. The number of carbonyl (C=O) groups is 1. The van der Waals surface area contributed by atoms with Crippen LogP contribution in [-0.2, 0) is 22.3 Å². The minimum atomic E-state index is -3.46. The molecule has 0 bridgehead atoms. The first kappa shape index (κ1) is 26.7. The third kappa shape index (κ3) is 7.33. The predicted octanol–water partition coefficient (Wildman–Crippen LogP) is 4.51. The fourth-order valence-electron chi connectivity index (χ4n) is 4.09. The highest BCUT2D eigenvalue weighted by molar-refractivity contribution is 7.98. The summed E-state index contributed by atoms with van der Waals surface area (Å²) in [6, 6.07) is 24.0. The van der Waals surface area contributed by atoms with E-state index >= 15 is 0 Å². The van der Waals surface area contributed by atoms with E-state index in [1.165, 1.54) is 5.56 Å². The maximum Gasteiger partial charge on any atom is 0.251 e. The molecule has 0 aliphatic carbocycles. The summed E-state index contributed by atoms with van der Waals surface area (Å²) in [4.78, 5) is 15.2. The number of rotatable bonds is 10. The molecular weight excluding hydrogens is 514 g/mol. The summed E-state index contributed by atoms with van der Waals surface area (Å²) in [6.45, 7) is 3.45. The molecule has 3 aromatic carbocycles. The number of piperazine rings is 1. The van der Waals surface area contributed by atoms with Gasteiger partial charge in [-0.1, -0.05) is 54.1 Å². The van der Waals surface area contributed by atoms with Gasteiger partial charge in [0.2, 0.25) is 10.0 Å². The van der Waals surface area contributed by atoms with Crippen LogP contribution in [0.4, 0.5) is 0 Å². The Kier molecular flexibility index (Phi) is 9.45. The van der Waals surface area contributed by atoms with E-state index < -0.39 is 10.0 Å². The lowest BCUT2D eigenvalue weighted by molar-refractivity contribution is 0.0956. The van der Waals surface area contributed by atoms with Crippen LogP contribution in [0.3, 0.4) is 0 Å². The van der Waals surface area contributed by atoms with Crippen LogP contribution >= 0.6 is 23.4 Å². The van der Waals surface area contributed by atoms with E-state index in [1.54, 1.807) is 40.3 Å². The molecule has 1 aliphatic rings. The summed E-state index contributed by atoms with van der Waals surface area (Å²) in [6.07, 6.45) is 0. The number of sulfonamides is 1. The van der Waals surface area contributed by atoms with Crippen LogP contribution in [0, 0.1) is 0 Å². The fraction of sp³-hybridized carbons (Fsp3) is 0.296. The fourth-order valence-corrected chi connectivity index (χ4v) is 6.56. The Labute approximate surface area is 222 Å². The van der Waals surface area contributed by atoms with E-state index in [4.69, 9.17) is 11.6 Å². The van der Waals surface area contributed by atoms with E-state index in [0.717, 1.165) is 22.1 Å². The summed E-state index contributed by atoms with van der Waals surface area (Å²) in [7, 11) is -3.46. The van der Waals surface area contributed by atoms with Gasteiger partial charge >= 0.3 is 0 Å². The Bertz CT molecular complexity index is 1260. The van der Waals surface area contributed by atoms with Crippen molar-refractivity contribution in [2.24, 2.45) is 0 Å². The zero-order chi connectivity index (χ0) is 25.4. The van der Waals surface area contributed by atoms with Crippen molar-refractivity contribution in [2.45, 2.75) is 17.2 Å². The maximum atomic E-state index is 12.8. The lowest BCUT2D eigenvalue weighted by Crippen LogP contribution is -2.48. The molecule has 0 atom stereocenters. The third-order valence-corrected chi connectivity index (χ3v) is 9.18. The van der Waals surface area contributed by atoms with Crippen molar-refractivity contribution >= 4 is 39.3 Å². The maximum absolute atomic E-state index is 12.8. The summed E-state index contributed by atoms with van der Waals surface area (Å²) < 4.78 is 27.2. The van der Waals surface area contributed by atoms with Crippen LogP contribution in [0.25, 0.3) is 0 Å². The average molecular weight is 544 g/mol. The van der Waals surface area contributed by atoms with Gasteiger partial charge < -0.3 is 5.32 Å². The molecule has 0 aromatic heterocycles. The second kappa shape index (κ2) is 12.7. The highest BCUT2D eigenvalue weighted by Gasteiger charge is 2.28. The monoisotopic (exact) mass is 543 g/mol. The Morgan fingerprint density at radius 3 is 2.36 bits per heavy atom. The van der Waals surface area contributed by atoms with Crippen LogP contribution in [0.5, 0.6) is 0 Å². The second-order valence-corrected chi connectivity index (χ2v) is 12.1. The molecule has 1 aliphatic heterocycles. The van der Waals surface area contributed by atoms with Gasteiger partial charge in [-0.15, -0.1) is 0 Å².